The number of ether oxygens (including phenoxy) is 4. The van der Waals surface area contributed by atoms with Crippen LogP contribution in [0, 0.1) is 0 Å². The molecule has 0 spiro atoms. The number of methoxy groups -OCH3 is 4. The molecule has 52 heavy (non-hydrogen) atoms. The lowest BCUT2D eigenvalue weighted by Crippen LogP contribution is -2.30. The first-order chi connectivity index (χ1) is 25.1. The lowest BCUT2D eigenvalue weighted by atomic mass is 10.1. The molecule has 0 saturated carbocycles. The minimum absolute atomic E-state index is 0.0547. The largest absolute Gasteiger partial charge is 0.496 e. The minimum Gasteiger partial charge on any atom is -0.496 e. The Morgan fingerprint density at radius 2 is 1.52 bits per heavy atom. The quantitative estimate of drug-likeness (QED) is 0.0555. The second-order valence-electron chi connectivity index (χ2n) is 11.8. The predicted molar refractivity (Wildman–Crippen MR) is 204 cm³/mol. The summed E-state index contributed by atoms with van der Waals surface area (Å²) in [4.78, 5) is 55.1. The third kappa shape index (κ3) is 9.14. The third-order valence-corrected chi connectivity index (χ3v) is 10.7. The number of esters is 1. The monoisotopic (exact) mass is 743 g/mol. The van der Waals surface area contributed by atoms with E-state index in [1.165, 1.54) is 57.6 Å². The van der Waals surface area contributed by atoms with Crippen LogP contribution in [0.1, 0.15) is 62.9 Å². The van der Waals surface area contributed by atoms with Crippen LogP contribution < -0.4 is 30.2 Å². The van der Waals surface area contributed by atoms with Crippen molar-refractivity contribution in [3.63, 3.8) is 0 Å². The lowest BCUT2D eigenvalue weighted by molar-refractivity contribution is -0.115. The van der Waals surface area contributed by atoms with Crippen LogP contribution in [-0.4, -0.2) is 57.4 Å². The molecule has 1 unspecified atom stereocenters. The van der Waals surface area contributed by atoms with Crippen molar-refractivity contribution < 1.29 is 38.1 Å². The minimum atomic E-state index is -0.595. The van der Waals surface area contributed by atoms with Gasteiger partial charge in [-0.3, -0.25) is 14.4 Å². The Hall–Kier alpha value is -5.27. The van der Waals surface area contributed by atoms with Crippen molar-refractivity contribution >= 4 is 63.6 Å². The van der Waals surface area contributed by atoms with E-state index in [-0.39, 0.29) is 11.6 Å². The fraction of sp³-hybridized carbons (Fsp3) is 0.282. The first-order valence-electron chi connectivity index (χ1n) is 16.7. The van der Waals surface area contributed by atoms with Gasteiger partial charge in [0.15, 0.2) is 11.5 Å². The zero-order valence-corrected chi connectivity index (χ0v) is 31.3. The number of thioether (sulfide) groups is 1. The Morgan fingerprint density at radius 3 is 2.23 bits per heavy atom. The van der Waals surface area contributed by atoms with Crippen molar-refractivity contribution in [2.75, 3.05) is 39.1 Å². The Balaban J connectivity index is 1.35. The normalized spacial score (nSPS) is 13.1. The number of carbonyl (C=O) groups excluding carboxylic acids is 4. The molecule has 0 radical (unpaired) electrons. The number of benzene rings is 3. The number of hydrogen-bond donors (Lipinski definition) is 3. The summed E-state index contributed by atoms with van der Waals surface area (Å²) in [6.07, 6.45) is 6.28. The maximum absolute atomic E-state index is 13.8. The summed E-state index contributed by atoms with van der Waals surface area (Å²) in [5.74, 6) is -0.566. The Labute approximate surface area is 311 Å². The molecule has 5 rings (SSSR count). The lowest BCUT2D eigenvalue weighted by Gasteiger charge is -2.15. The maximum atomic E-state index is 13.8. The summed E-state index contributed by atoms with van der Waals surface area (Å²) < 4.78 is 21.5. The number of amides is 3. The van der Waals surface area contributed by atoms with Crippen LogP contribution >= 0.6 is 23.1 Å². The van der Waals surface area contributed by atoms with Gasteiger partial charge < -0.3 is 34.9 Å². The Bertz CT molecular complexity index is 1980. The van der Waals surface area contributed by atoms with Gasteiger partial charge in [0, 0.05) is 32.7 Å². The van der Waals surface area contributed by atoms with Gasteiger partial charge in [-0.05, 0) is 80.6 Å². The van der Waals surface area contributed by atoms with Crippen molar-refractivity contribution in [3.8, 4) is 17.2 Å². The molecule has 1 atom stereocenters. The van der Waals surface area contributed by atoms with Crippen LogP contribution in [0.25, 0.3) is 6.08 Å². The average molecular weight is 744 g/mol. The standard InChI is InChI=1S/C39H41N3O8S2/c1-23(35(43)42-38-34(39(46)50-5)28-17-10-7-11-18-33(28)52-38)51-27-16-12-15-26(21-27)40-37(45)29(41-36(44)24-13-8-6-9-14-24)19-25-20-31(48-3)32(49-4)22-30(25)47-2/h6,8-9,12-16,19-23H,7,10-11,17-18H2,1-5H3,(H,40,45)(H,41,44)(H,42,43)/b29-19+. The van der Waals surface area contributed by atoms with E-state index in [2.05, 4.69) is 16.0 Å². The molecule has 1 aliphatic rings. The summed E-state index contributed by atoms with van der Waals surface area (Å²) in [6.45, 7) is 1.78. The maximum Gasteiger partial charge on any atom is 0.341 e. The SMILES string of the molecule is COC(=O)c1c(NC(=O)C(C)Sc2cccc(NC(=O)/C(=C\c3cc(OC)c(OC)cc3OC)NC(=O)c3ccccc3)c2)sc2c1CCCCC2. The highest BCUT2D eigenvalue weighted by molar-refractivity contribution is 8.00. The van der Waals surface area contributed by atoms with E-state index in [0.29, 0.717) is 44.6 Å². The molecule has 0 fully saturated rings. The Morgan fingerprint density at radius 1 is 0.808 bits per heavy atom. The van der Waals surface area contributed by atoms with Crippen molar-refractivity contribution in [1.82, 2.24) is 5.32 Å². The fourth-order valence-corrected chi connectivity index (χ4v) is 7.94. The van der Waals surface area contributed by atoms with Gasteiger partial charge in [0.2, 0.25) is 5.91 Å². The highest BCUT2D eigenvalue weighted by Gasteiger charge is 2.28. The summed E-state index contributed by atoms with van der Waals surface area (Å²) in [7, 11) is 5.83. The van der Waals surface area contributed by atoms with Crippen molar-refractivity contribution in [2.24, 2.45) is 0 Å². The summed E-state index contributed by atoms with van der Waals surface area (Å²) >= 11 is 2.75. The van der Waals surface area contributed by atoms with Crippen LogP contribution in [0.3, 0.4) is 0 Å². The number of rotatable bonds is 13. The highest BCUT2D eigenvalue weighted by atomic mass is 32.2. The second kappa shape index (κ2) is 17.8. The molecule has 0 bridgehead atoms. The summed E-state index contributed by atoms with van der Waals surface area (Å²) in [5, 5.41) is 8.55. The van der Waals surface area contributed by atoms with Gasteiger partial charge in [-0.25, -0.2) is 4.79 Å². The number of carbonyl (C=O) groups is 4. The highest BCUT2D eigenvalue weighted by Crippen LogP contribution is 2.39. The zero-order chi connectivity index (χ0) is 37.2. The van der Waals surface area contributed by atoms with Crippen molar-refractivity contribution in [1.29, 1.82) is 0 Å². The first-order valence-corrected chi connectivity index (χ1v) is 18.3. The number of aryl methyl sites for hydroxylation is 1. The molecule has 1 aliphatic carbocycles. The first kappa shape index (κ1) is 38.0. The summed E-state index contributed by atoms with van der Waals surface area (Å²) in [6, 6.07) is 18.9. The smallest absolute Gasteiger partial charge is 0.341 e. The number of anilines is 2. The molecular formula is C39H41N3O8S2. The molecule has 11 nitrogen and oxygen atoms in total. The molecule has 272 valence electrons. The molecule has 3 N–H and O–H groups in total. The van der Waals surface area contributed by atoms with Crippen LogP contribution in [0.5, 0.6) is 17.2 Å². The number of nitrogens with one attached hydrogen (secondary N) is 3. The van der Waals surface area contributed by atoms with Gasteiger partial charge in [0.1, 0.15) is 16.4 Å². The summed E-state index contributed by atoms with van der Waals surface area (Å²) in [5.41, 5.74) is 2.64. The molecular weight excluding hydrogens is 703 g/mol. The van der Waals surface area contributed by atoms with Crippen LogP contribution in [0.15, 0.2) is 77.3 Å². The van der Waals surface area contributed by atoms with Crippen LogP contribution in [-0.2, 0) is 27.2 Å². The van der Waals surface area contributed by atoms with Crippen molar-refractivity contribution in [3.05, 3.63) is 99.6 Å². The average Bonchev–Trinajstić information content (AvgIpc) is 3.33. The Kier molecular flexibility index (Phi) is 13.0. The molecule has 0 aliphatic heterocycles. The van der Waals surface area contributed by atoms with Gasteiger partial charge in [0.25, 0.3) is 11.8 Å². The molecule has 0 saturated heterocycles. The molecule has 3 amide bonds. The molecule has 3 aromatic carbocycles. The van der Waals surface area contributed by atoms with Crippen molar-refractivity contribution in [2.45, 2.75) is 49.2 Å². The van der Waals surface area contributed by atoms with Gasteiger partial charge in [-0.15, -0.1) is 23.1 Å². The van der Waals surface area contributed by atoms with Gasteiger partial charge in [-0.2, -0.15) is 0 Å². The molecule has 13 heteroatoms. The fourth-order valence-electron chi connectivity index (χ4n) is 5.73. The molecule has 1 aromatic heterocycles. The molecule has 1 heterocycles. The van der Waals surface area contributed by atoms with Crippen LogP contribution in [0.2, 0.25) is 0 Å². The van der Waals surface area contributed by atoms with Gasteiger partial charge in [-0.1, -0.05) is 30.7 Å². The van der Waals surface area contributed by atoms with E-state index in [1.807, 2.05) is 6.07 Å². The zero-order valence-electron chi connectivity index (χ0n) is 29.6. The number of thiophene rings is 1. The van der Waals surface area contributed by atoms with E-state index in [4.69, 9.17) is 18.9 Å². The third-order valence-electron chi connectivity index (χ3n) is 8.39. The van der Waals surface area contributed by atoms with E-state index >= 15 is 0 Å². The van der Waals surface area contributed by atoms with E-state index < -0.39 is 23.0 Å². The topological polar surface area (TPSA) is 141 Å². The van der Waals surface area contributed by atoms with E-state index in [0.717, 1.165) is 47.4 Å². The number of fused-ring (bicyclic) bond motifs is 1. The van der Waals surface area contributed by atoms with Crippen LogP contribution in [0.4, 0.5) is 10.7 Å². The second-order valence-corrected chi connectivity index (χ2v) is 14.3. The van der Waals surface area contributed by atoms with E-state index in [9.17, 15) is 19.2 Å². The molecule has 4 aromatic rings. The predicted octanol–water partition coefficient (Wildman–Crippen LogP) is 7.36. The number of hydrogen-bond acceptors (Lipinski definition) is 10. The van der Waals surface area contributed by atoms with Gasteiger partial charge >= 0.3 is 5.97 Å². The van der Waals surface area contributed by atoms with E-state index in [1.54, 1.807) is 67.6 Å². The van der Waals surface area contributed by atoms with Gasteiger partial charge in [0.05, 0.1) is 39.3 Å².